The molecule has 0 fully saturated rings. The first-order valence-electron chi connectivity index (χ1n) is 8.37. The highest BCUT2D eigenvalue weighted by molar-refractivity contribution is 5.58. The summed E-state index contributed by atoms with van der Waals surface area (Å²) in [7, 11) is 4.02. The molecule has 0 amide bonds. The van der Waals surface area contributed by atoms with Gasteiger partial charge in [0.05, 0.1) is 12.1 Å². The molecule has 7 heteroatoms. The highest BCUT2D eigenvalue weighted by Gasteiger charge is 2.14. The van der Waals surface area contributed by atoms with Crippen LogP contribution in [0.2, 0.25) is 0 Å². The van der Waals surface area contributed by atoms with E-state index < -0.39 is 0 Å². The molecule has 2 N–H and O–H groups in total. The van der Waals surface area contributed by atoms with Gasteiger partial charge >= 0.3 is 6.01 Å². The molecule has 3 aromatic rings. The minimum Gasteiger partial charge on any atom is -0.506 e. The Kier molecular flexibility index (Phi) is 4.79. The second-order valence-corrected chi connectivity index (χ2v) is 6.51. The zero-order valence-electron chi connectivity index (χ0n) is 15.7. The van der Waals surface area contributed by atoms with Crippen molar-refractivity contribution in [2.45, 2.75) is 27.2 Å². The van der Waals surface area contributed by atoms with E-state index in [1.807, 2.05) is 40.1 Å². The summed E-state index contributed by atoms with van der Waals surface area (Å²) in [4.78, 5) is 6.41. The Bertz CT molecular complexity index is 916. The van der Waals surface area contributed by atoms with Gasteiger partial charge in [-0.2, -0.15) is 0 Å². The van der Waals surface area contributed by atoms with Gasteiger partial charge in [-0.1, -0.05) is 17.2 Å². The van der Waals surface area contributed by atoms with E-state index in [-0.39, 0.29) is 11.8 Å². The van der Waals surface area contributed by atoms with Crippen molar-refractivity contribution in [3.8, 4) is 5.75 Å². The molecule has 0 radical (unpaired) electrons. The third-order valence-corrected chi connectivity index (χ3v) is 4.40. The standard InChI is InChI=1S/C19H23N5O2/c1-11-12(2)18(20-13(3)17(11)25)21-19-23-22-16(26-19)10-14-6-8-15(9-7-14)24(4)5/h6-9,25H,10H2,1-5H3,(H,20,21,23). The van der Waals surface area contributed by atoms with E-state index in [1.54, 1.807) is 6.92 Å². The quantitative estimate of drug-likeness (QED) is 0.726. The average molecular weight is 353 g/mol. The lowest BCUT2D eigenvalue weighted by Gasteiger charge is -2.12. The van der Waals surface area contributed by atoms with Crippen LogP contribution in [0, 0.1) is 20.8 Å². The van der Waals surface area contributed by atoms with Crippen LogP contribution in [0.25, 0.3) is 0 Å². The van der Waals surface area contributed by atoms with Gasteiger partial charge in [0.2, 0.25) is 5.89 Å². The second kappa shape index (κ2) is 7.03. The van der Waals surface area contributed by atoms with Crippen LogP contribution in [0.4, 0.5) is 17.5 Å². The summed E-state index contributed by atoms with van der Waals surface area (Å²) in [5.41, 5.74) is 4.40. The van der Waals surface area contributed by atoms with Crippen molar-refractivity contribution < 1.29 is 9.52 Å². The Morgan fingerprint density at radius 2 is 1.73 bits per heavy atom. The molecule has 0 unspecified atom stereocenters. The summed E-state index contributed by atoms with van der Waals surface area (Å²) in [5.74, 6) is 1.33. The summed E-state index contributed by atoms with van der Waals surface area (Å²) >= 11 is 0. The lowest BCUT2D eigenvalue weighted by molar-refractivity contribution is 0.462. The Morgan fingerprint density at radius 1 is 1.04 bits per heavy atom. The number of nitrogens with zero attached hydrogens (tertiary/aromatic N) is 4. The normalized spacial score (nSPS) is 10.8. The third kappa shape index (κ3) is 3.61. The maximum absolute atomic E-state index is 9.95. The summed E-state index contributed by atoms with van der Waals surface area (Å²) in [5, 5.41) is 21.1. The van der Waals surface area contributed by atoms with E-state index in [0.717, 1.165) is 22.4 Å². The fourth-order valence-corrected chi connectivity index (χ4v) is 2.62. The van der Waals surface area contributed by atoms with Gasteiger partial charge in [-0.3, -0.25) is 5.32 Å². The molecule has 0 aliphatic carbocycles. The van der Waals surface area contributed by atoms with E-state index in [4.69, 9.17) is 4.42 Å². The smallest absolute Gasteiger partial charge is 0.321 e. The highest BCUT2D eigenvalue weighted by atomic mass is 16.4. The molecule has 0 saturated carbocycles. The predicted molar refractivity (Wildman–Crippen MR) is 101 cm³/mol. The molecule has 2 heterocycles. The molecular weight excluding hydrogens is 330 g/mol. The van der Waals surface area contributed by atoms with Gasteiger partial charge in [-0.25, -0.2) is 4.98 Å². The van der Waals surface area contributed by atoms with Gasteiger partial charge in [0.15, 0.2) is 0 Å². The predicted octanol–water partition coefficient (Wildman–Crippen LogP) is 3.50. The Labute approximate surface area is 152 Å². The summed E-state index contributed by atoms with van der Waals surface area (Å²) in [6.45, 7) is 5.48. The number of rotatable bonds is 5. The first kappa shape index (κ1) is 17.7. The monoisotopic (exact) mass is 353 g/mol. The van der Waals surface area contributed by atoms with Crippen LogP contribution in [-0.4, -0.2) is 34.4 Å². The lowest BCUT2D eigenvalue weighted by Crippen LogP contribution is -2.08. The second-order valence-electron chi connectivity index (χ2n) is 6.51. The van der Waals surface area contributed by atoms with Gasteiger partial charge in [0.25, 0.3) is 0 Å². The van der Waals surface area contributed by atoms with E-state index >= 15 is 0 Å². The van der Waals surface area contributed by atoms with E-state index in [2.05, 4.69) is 37.5 Å². The molecule has 0 spiro atoms. The molecule has 2 aromatic heterocycles. The van der Waals surface area contributed by atoms with Crippen LogP contribution >= 0.6 is 0 Å². The van der Waals surface area contributed by atoms with E-state index in [0.29, 0.717) is 23.8 Å². The number of aromatic hydroxyl groups is 1. The van der Waals surface area contributed by atoms with Gasteiger partial charge < -0.3 is 14.4 Å². The largest absolute Gasteiger partial charge is 0.506 e. The van der Waals surface area contributed by atoms with Crippen LogP contribution in [-0.2, 0) is 6.42 Å². The number of hydrogen-bond donors (Lipinski definition) is 2. The van der Waals surface area contributed by atoms with Crippen molar-refractivity contribution in [3.63, 3.8) is 0 Å². The SMILES string of the molecule is Cc1nc(Nc2nnc(Cc3ccc(N(C)C)cc3)o2)c(C)c(C)c1O. The number of aromatic nitrogens is 3. The van der Waals surface area contributed by atoms with Gasteiger partial charge in [0.1, 0.15) is 11.6 Å². The Hall–Kier alpha value is -3.09. The van der Waals surface area contributed by atoms with Crippen molar-refractivity contribution in [2.24, 2.45) is 0 Å². The minimum atomic E-state index is 0.209. The number of anilines is 3. The number of benzene rings is 1. The molecule has 7 nitrogen and oxygen atoms in total. The fourth-order valence-electron chi connectivity index (χ4n) is 2.62. The molecule has 136 valence electrons. The van der Waals surface area contributed by atoms with Crippen molar-refractivity contribution >= 4 is 17.5 Å². The molecule has 0 atom stereocenters. The molecule has 0 aliphatic heterocycles. The van der Waals surface area contributed by atoms with Crippen LogP contribution in [0.15, 0.2) is 28.7 Å². The maximum atomic E-state index is 9.95. The van der Waals surface area contributed by atoms with Crippen LogP contribution in [0.5, 0.6) is 5.75 Å². The van der Waals surface area contributed by atoms with Crippen molar-refractivity contribution in [3.05, 3.63) is 52.5 Å². The Balaban J connectivity index is 1.74. The van der Waals surface area contributed by atoms with Crippen LogP contribution in [0.1, 0.15) is 28.3 Å². The van der Waals surface area contributed by atoms with Crippen LogP contribution < -0.4 is 10.2 Å². The van der Waals surface area contributed by atoms with Gasteiger partial charge in [-0.05, 0) is 49.6 Å². The lowest BCUT2D eigenvalue weighted by atomic mass is 10.1. The van der Waals surface area contributed by atoms with Gasteiger partial charge in [0, 0.05) is 19.8 Å². The zero-order valence-corrected chi connectivity index (χ0v) is 15.7. The number of hydrogen-bond acceptors (Lipinski definition) is 7. The van der Waals surface area contributed by atoms with Gasteiger partial charge in [-0.15, -0.1) is 5.10 Å². The first-order valence-corrected chi connectivity index (χ1v) is 8.37. The number of pyridine rings is 1. The van der Waals surface area contributed by atoms with Crippen molar-refractivity contribution in [1.29, 1.82) is 0 Å². The zero-order chi connectivity index (χ0) is 18.8. The minimum absolute atomic E-state index is 0.209. The average Bonchev–Trinajstić information content (AvgIpc) is 3.05. The molecule has 26 heavy (non-hydrogen) atoms. The molecule has 0 bridgehead atoms. The van der Waals surface area contributed by atoms with Crippen molar-refractivity contribution in [2.75, 3.05) is 24.3 Å². The molecule has 0 aliphatic rings. The maximum Gasteiger partial charge on any atom is 0.321 e. The topological polar surface area (TPSA) is 87.3 Å². The van der Waals surface area contributed by atoms with E-state index in [9.17, 15) is 5.11 Å². The van der Waals surface area contributed by atoms with Crippen LogP contribution in [0.3, 0.4) is 0 Å². The third-order valence-electron chi connectivity index (χ3n) is 4.40. The molecule has 0 saturated heterocycles. The fraction of sp³-hybridized carbons (Fsp3) is 0.316. The Morgan fingerprint density at radius 3 is 2.38 bits per heavy atom. The summed E-state index contributed by atoms with van der Waals surface area (Å²) in [6, 6.07) is 8.49. The number of nitrogens with one attached hydrogen (secondary N) is 1. The molecule has 1 aromatic carbocycles. The summed E-state index contributed by atoms with van der Waals surface area (Å²) in [6.07, 6.45) is 0.558. The highest BCUT2D eigenvalue weighted by Crippen LogP contribution is 2.29. The summed E-state index contributed by atoms with van der Waals surface area (Å²) < 4.78 is 5.69. The van der Waals surface area contributed by atoms with E-state index in [1.165, 1.54) is 0 Å². The molecule has 3 rings (SSSR count). The molecular formula is C19H23N5O2. The first-order chi connectivity index (χ1) is 12.3. The van der Waals surface area contributed by atoms with Crippen molar-refractivity contribution in [1.82, 2.24) is 15.2 Å². The number of aryl methyl sites for hydroxylation is 1.